The van der Waals surface area contributed by atoms with E-state index in [2.05, 4.69) is 21.2 Å². The second-order valence-electron chi connectivity index (χ2n) is 4.73. The van der Waals surface area contributed by atoms with Crippen LogP contribution in [0.2, 0.25) is 0 Å². The number of carbonyl (C=O) groups excluding carboxylic acids is 1. The van der Waals surface area contributed by atoms with E-state index in [-0.39, 0.29) is 5.91 Å². The number of halogens is 1. The van der Waals surface area contributed by atoms with Crippen molar-refractivity contribution < 1.29 is 4.79 Å². The van der Waals surface area contributed by atoms with Crippen molar-refractivity contribution >= 4 is 60.3 Å². The number of carbonyl (C=O) groups is 1. The van der Waals surface area contributed by atoms with Crippen LogP contribution in [0, 0.1) is 6.92 Å². The number of amides is 1. The van der Waals surface area contributed by atoms with Crippen molar-refractivity contribution in [2.75, 3.05) is 5.73 Å². The number of nitrogens with two attached hydrogens (primary N) is 1. The van der Waals surface area contributed by atoms with Gasteiger partial charge in [-0.2, -0.15) is 0 Å². The van der Waals surface area contributed by atoms with Crippen LogP contribution < -0.4 is 11.1 Å². The van der Waals surface area contributed by atoms with Crippen molar-refractivity contribution in [1.82, 2.24) is 5.32 Å². The van der Waals surface area contributed by atoms with Crippen LogP contribution in [0.4, 0.5) is 5.69 Å². The molecule has 1 aromatic carbocycles. The molecule has 0 spiro atoms. The summed E-state index contributed by atoms with van der Waals surface area (Å²) in [6.45, 7) is 2.53. The molecule has 3 nitrogen and oxygen atoms in total. The van der Waals surface area contributed by atoms with Crippen LogP contribution in [0.3, 0.4) is 0 Å². The highest BCUT2D eigenvalue weighted by atomic mass is 79.9. The van der Waals surface area contributed by atoms with Crippen molar-refractivity contribution in [2.45, 2.75) is 13.5 Å². The molecular formula is C15H13BrN2OS2. The lowest BCUT2D eigenvalue weighted by Crippen LogP contribution is -2.22. The van der Waals surface area contributed by atoms with Crippen LogP contribution in [0.25, 0.3) is 10.1 Å². The number of aryl methyl sites for hydroxylation is 1. The van der Waals surface area contributed by atoms with Gasteiger partial charge in [0.05, 0.1) is 16.0 Å². The predicted molar refractivity (Wildman–Crippen MR) is 94.2 cm³/mol. The number of benzene rings is 1. The van der Waals surface area contributed by atoms with Gasteiger partial charge in [-0.15, -0.1) is 22.7 Å². The molecule has 0 aliphatic carbocycles. The van der Waals surface area contributed by atoms with Gasteiger partial charge in [0, 0.05) is 15.0 Å². The maximum atomic E-state index is 12.3. The lowest BCUT2D eigenvalue weighted by atomic mass is 10.1. The molecule has 3 rings (SSSR count). The predicted octanol–water partition coefficient (Wildman–Crippen LogP) is 4.55. The Morgan fingerprint density at radius 1 is 1.29 bits per heavy atom. The lowest BCUT2D eigenvalue weighted by Gasteiger charge is -2.02. The molecular weight excluding hydrogens is 368 g/mol. The van der Waals surface area contributed by atoms with Crippen molar-refractivity contribution in [3.63, 3.8) is 0 Å². The molecule has 3 N–H and O–H groups in total. The van der Waals surface area contributed by atoms with Gasteiger partial charge in [-0.05, 0) is 47.1 Å². The Labute approximate surface area is 138 Å². The molecule has 0 saturated carbocycles. The summed E-state index contributed by atoms with van der Waals surface area (Å²) < 4.78 is 2.10. The molecule has 0 fully saturated rings. The summed E-state index contributed by atoms with van der Waals surface area (Å²) in [5.74, 6) is -0.115. The summed E-state index contributed by atoms with van der Waals surface area (Å²) >= 11 is 6.46. The smallest absolute Gasteiger partial charge is 0.263 e. The van der Waals surface area contributed by atoms with Crippen molar-refractivity contribution in [1.29, 1.82) is 0 Å². The zero-order valence-electron chi connectivity index (χ0n) is 11.3. The van der Waals surface area contributed by atoms with Gasteiger partial charge in [0.25, 0.3) is 5.91 Å². The van der Waals surface area contributed by atoms with E-state index in [0.29, 0.717) is 17.1 Å². The molecule has 0 bridgehead atoms. The maximum absolute atomic E-state index is 12.3. The quantitative estimate of drug-likeness (QED) is 0.700. The Bertz CT molecular complexity index is 822. The highest BCUT2D eigenvalue weighted by Crippen LogP contribution is 2.34. The van der Waals surface area contributed by atoms with Crippen LogP contribution in [0.1, 0.15) is 20.1 Å². The zero-order valence-corrected chi connectivity index (χ0v) is 14.5. The number of fused-ring (bicyclic) bond motifs is 1. The third-order valence-corrected chi connectivity index (χ3v) is 5.95. The van der Waals surface area contributed by atoms with Gasteiger partial charge in [-0.25, -0.2) is 0 Å². The number of nitrogens with one attached hydrogen (secondary N) is 1. The fraction of sp³-hybridized carbons (Fsp3) is 0.133. The fourth-order valence-electron chi connectivity index (χ4n) is 2.09. The summed E-state index contributed by atoms with van der Waals surface area (Å²) in [5.41, 5.74) is 7.84. The van der Waals surface area contributed by atoms with Crippen molar-refractivity contribution in [3.05, 3.63) is 49.4 Å². The van der Waals surface area contributed by atoms with E-state index in [1.807, 2.05) is 37.3 Å². The number of hydrogen-bond acceptors (Lipinski definition) is 4. The van der Waals surface area contributed by atoms with E-state index in [4.69, 9.17) is 5.73 Å². The van der Waals surface area contributed by atoms with E-state index >= 15 is 0 Å². The second-order valence-corrected chi connectivity index (χ2v) is 8.33. The van der Waals surface area contributed by atoms with Crippen LogP contribution >= 0.6 is 38.6 Å². The Morgan fingerprint density at radius 3 is 2.81 bits per heavy atom. The monoisotopic (exact) mass is 380 g/mol. The summed E-state index contributed by atoms with van der Waals surface area (Å²) in [7, 11) is 0. The van der Waals surface area contributed by atoms with E-state index in [9.17, 15) is 4.79 Å². The normalized spacial score (nSPS) is 11.0. The van der Waals surface area contributed by atoms with E-state index < -0.39 is 0 Å². The maximum Gasteiger partial charge on any atom is 0.263 e. The Morgan fingerprint density at radius 2 is 2.10 bits per heavy atom. The molecule has 3 aromatic rings. The Kier molecular flexibility index (Phi) is 4.01. The van der Waals surface area contributed by atoms with E-state index in [1.54, 1.807) is 11.3 Å². The largest absolute Gasteiger partial charge is 0.397 e. The molecule has 0 unspecified atom stereocenters. The van der Waals surface area contributed by atoms with Crippen molar-refractivity contribution in [2.24, 2.45) is 0 Å². The van der Waals surface area contributed by atoms with Gasteiger partial charge in [-0.1, -0.05) is 11.6 Å². The van der Waals surface area contributed by atoms with Gasteiger partial charge >= 0.3 is 0 Å². The molecule has 0 aliphatic heterocycles. The van der Waals surface area contributed by atoms with Crippen molar-refractivity contribution in [3.8, 4) is 0 Å². The van der Waals surface area contributed by atoms with E-state index in [1.165, 1.54) is 11.3 Å². The minimum atomic E-state index is -0.115. The first kappa shape index (κ1) is 14.6. The van der Waals surface area contributed by atoms with Crippen LogP contribution in [0.15, 0.2) is 34.1 Å². The SMILES string of the molecule is Cc1ccc2sc(C(=O)NCc3ccc(Br)s3)c(N)c2c1. The van der Waals surface area contributed by atoms with Gasteiger partial charge in [0.2, 0.25) is 0 Å². The molecule has 108 valence electrons. The molecule has 0 aliphatic rings. The highest BCUT2D eigenvalue weighted by Gasteiger charge is 2.16. The van der Waals surface area contributed by atoms with Crippen LogP contribution in [-0.2, 0) is 6.54 Å². The van der Waals surface area contributed by atoms with Crippen LogP contribution in [0.5, 0.6) is 0 Å². The van der Waals surface area contributed by atoms with Gasteiger partial charge in [-0.3, -0.25) is 4.79 Å². The summed E-state index contributed by atoms with van der Waals surface area (Å²) in [4.78, 5) is 14.0. The molecule has 6 heteroatoms. The fourth-order valence-corrected chi connectivity index (χ4v) is 4.54. The lowest BCUT2D eigenvalue weighted by molar-refractivity contribution is 0.0956. The van der Waals surface area contributed by atoms with Crippen LogP contribution in [-0.4, -0.2) is 5.91 Å². The first-order valence-electron chi connectivity index (χ1n) is 6.35. The minimum absolute atomic E-state index is 0.115. The third kappa shape index (κ3) is 2.97. The first-order valence-corrected chi connectivity index (χ1v) is 8.78. The molecule has 2 aromatic heterocycles. The van der Waals surface area contributed by atoms with Gasteiger partial charge in [0.15, 0.2) is 0 Å². The van der Waals surface area contributed by atoms with E-state index in [0.717, 1.165) is 24.3 Å². The first-order chi connectivity index (χ1) is 10.0. The molecule has 0 atom stereocenters. The highest BCUT2D eigenvalue weighted by molar-refractivity contribution is 9.11. The average Bonchev–Trinajstić information content (AvgIpc) is 3.01. The molecule has 1 amide bonds. The Balaban J connectivity index is 1.82. The third-order valence-electron chi connectivity index (χ3n) is 3.14. The number of hydrogen-bond donors (Lipinski definition) is 2. The number of rotatable bonds is 3. The van der Waals surface area contributed by atoms with Gasteiger partial charge in [0.1, 0.15) is 4.88 Å². The number of thiophene rings is 2. The topological polar surface area (TPSA) is 55.1 Å². The molecule has 0 saturated heterocycles. The molecule has 21 heavy (non-hydrogen) atoms. The Hall–Kier alpha value is -1.37. The summed E-state index contributed by atoms with van der Waals surface area (Å²) in [6, 6.07) is 10.0. The zero-order chi connectivity index (χ0) is 15.0. The van der Waals surface area contributed by atoms with Gasteiger partial charge < -0.3 is 11.1 Å². The summed E-state index contributed by atoms with van der Waals surface area (Å²) in [6.07, 6.45) is 0. The second kappa shape index (κ2) is 5.79. The molecule has 2 heterocycles. The number of anilines is 1. The minimum Gasteiger partial charge on any atom is -0.397 e. The number of nitrogen functional groups attached to an aromatic ring is 1. The standard InChI is InChI=1S/C15H13BrN2OS2/c1-8-2-4-11-10(6-8)13(17)14(21-11)15(19)18-7-9-3-5-12(16)20-9/h2-6H,7,17H2,1H3,(H,18,19). The summed E-state index contributed by atoms with van der Waals surface area (Å²) in [5, 5.41) is 3.89. The average molecular weight is 381 g/mol. The molecule has 0 radical (unpaired) electrons.